The van der Waals surface area contributed by atoms with E-state index in [1.54, 1.807) is 0 Å². The van der Waals surface area contributed by atoms with Crippen molar-refractivity contribution in [3.63, 3.8) is 0 Å². The molecule has 7 nitrogen and oxygen atoms in total. The van der Waals surface area contributed by atoms with Crippen LogP contribution >= 0.6 is 0 Å². The zero-order valence-corrected chi connectivity index (χ0v) is 12.8. The summed E-state index contributed by atoms with van der Waals surface area (Å²) in [4.78, 5) is 12.9. The molecule has 0 unspecified atom stereocenters. The van der Waals surface area contributed by atoms with Crippen LogP contribution in [-0.2, 0) is 17.9 Å². The lowest BCUT2D eigenvalue weighted by molar-refractivity contribution is -0.137. The second-order valence-electron chi connectivity index (χ2n) is 5.91. The molecule has 0 aliphatic heterocycles. The lowest BCUT2D eigenvalue weighted by atomic mass is 10.1. The Morgan fingerprint density at radius 1 is 1.40 bits per heavy atom. The molecule has 1 aromatic heterocycles. The van der Waals surface area contributed by atoms with Crippen LogP contribution in [-0.4, -0.2) is 48.3 Å². The fraction of sp³-hybridized carbons (Fsp3) is 0.846. The molecule has 1 N–H and O–H groups in total. The van der Waals surface area contributed by atoms with Gasteiger partial charge in [0.25, 0.3) is 0 Å². The van der Waals surface area contributed by atoms with Crippen molar-refractivity contribution < 1.29 is 9.90 Å². The maximum Gasteiger partial charge on any atom is 0.304 e. The van der Waals surface area contributed by atoms with Crippen LogP contribution in [0, 0.1) is 0 Å². The molecule has 1 heterocycles. The van der Waals surface area contributed by atoms with Crippen molar-refractivity contribution >= 4 is 5.97 Å². The molecule has 7 heteroatoms. The first-order valence-corrected chi connectivity index (χ1v) is 7.06. The first-order valence-electron chi connectivity index (χ1n) is 7.06. The van der Waals surface area contributed by atoms with E-state index < -0.39 is 5.97 Å². The van der Waals surface area contributed by atoms with Crippen LogP contribution in [0.2, 0.25) is 0 Å². The van der Waals surface area contributed by atoms with Crippen molar-refractivity contribution in [3.05, 3.63) is 5.82 Å². The van der Waals surface area contributed by atoms with E-state index in [0.717, 1.165) is 25.2 Å². The molecule has 20 heavy (non-hydrogen) atoms. The molecule has 0 amide bonds. The predicted octanol–water partition coefficient (Wildman–Crippen LogP) is 1.55. The van der Waals surface area contributed by atoms with E-state index in [1.807, 2.05) is 4.68 Å². The number of aromatic nitrogens is 4. The van der Waals surface area contributed by atoms with Crippen molar-refractivity contribution in [2.75, 3.05) is 6.54 Å². The highest BCUT2D eigenvalue weighted by atomic mass is 16.4. The minimum atomic E-state index is -0.787. The van der Waals surface area contributed by atoms with Crippen LogP contribution in [0.5, 0.6) is 0 Å². The van der Waals surface area contributed by atoms with E-state index in [-0.39, 0.29) is 12.0 Å². The fourth-order valence-corrected chi connectivity index (χ4v) is 1.87. The number of rotatable bonds is 8. The lowest BCUT2D eigenvalue weighted by Crippen LogP contribution is -2.42. The first kappa shape index (κ1) is 16.6. The van der Waals surface area contributed by atoms with Gasteiger partial charge in [0, 0.05) is 18.6 Å². The maximum atomic E-state index is 10.8. The fourth-order valence-electron chi connectivity index (χ4n) is 1.87. The Morgan fingerprint density at radius 3 is 2.65 bits per heavy atom. The quantitative estimate of drug-likeness (QED) is 0.779. The number of hydrogen-bond donors (Lipinski definition) is 1. The van der Waals surface area contributed by atoms with Gasteiger partial charge in [0.2, 0.25) is 0 Å². The zero-order valence-electron chi connectivity index (χ0n) is 12.8. The molecule has 1 aromatic rings. The third-order valence-electron chi connectivity index (χ3n) is 3.21. The van der Waals surface area contributed by atoms with Gasteiger partial charge in [0.1, 0.15) is 0 Å². The third-order valence-corrected chi connectivity index (χ3v) is 3.21. The number of aryl methyl sites for hydroxylation is 1. The molecule has 1 rings (SSSR count). The van der Waals surface area contributed by atoms with Crippen LogP contribution < -0.4 is 0 Å². The second-order valence-corrected chi connectivity index (χ2v) is 5.91. The Morgan fingerprint density at radius 2 is 2.10 bits per heavy atom. The number of nitrogens with zero attached hydrogens (tertiary/aromatic N) is 5. The molecule has 0 saturated heterocycles. The number of unbranched alkanes of at least 4 members (excludes halogenated alkanes) is 1. The normalized spacial score (nSPS) is 12.1. The predicted molar refractivity (Wildman–Crippen MR) is 75.1 cm³/mol. The van der Waals surface area contributed by atoms with Crippen molar-refractivity contribution in [3.8, 4) is 0 Å². The van der Waals surface area contributed by atoms with Crippen LogP contribution in [0.4, 0.5) is 0 Å². The number of aliphatic carboxylic acids is 1. The van der Waals surface area contributed by atoms with Gasteiger partial charge >= 0.3 is 5.97 Å². The second kappa shape index (κ2) is 7.33. The number of carbonyl (C=O) groups is 1. The van der Waals surface area contributed by atoms with Gasteiger partial charge in [-0.3, -0.25) is 9.69 Å². The van der Waals surface area contributed by atoms with E-state index in [9.17, 15) is 4.79 Å². The first-order chi connectivity index (χ1) is 9.34. The van der Waals surface area contributed by atoms with Gasteiger partial charge in [-0.2, -0.15) is 0 Å². The summed E-state index contributed by atoms with van der Waals surface area (Å²) in [6.07, 6.45) is 2.23. The van der Waals surface area contributed by atoms with E-state index in [0.29, 0.717) is 13.1 Å². The summed E-state index contributed by atoms with van der Waals surface area (Å²) in [5.41, 5.74) is -0.128. The van der Waals surface area contributed by atoms with E-state index >= 15 is 0 Å². The van der Waals surface area contributed by atoms with Gasteiger partial charge in [0.05, 0.1) is 13.0 Å². The van der Waals surface area contributed by atoms with E-state index in [2.05, 4.69) is 48.1 Å². The van der Waals surface area contributed by atoms with E-state index in [4.69, 9.17) is 5.11 Å². The number of carboxylic acid groups (broad SMARTS) is 1. The Bertz CT molecular complexity index is 425. The highest BCUT2D eigenvalue weighted by molar-refractivity contribution is 5.66. The largest absolute Gasteiger partial charge is 0.481 e. The SMILES string of the molecule is CCCCn1nnnc1CN(CCC(=O)O)C(C)(C)C. The van der Waals surface area contributed by atoms with E-state index in [1.165, 1.54) is 0 Å². The molecule has 0 radical (unpaired) electrons. The standard InChI is InChI=1S/C13H25N5O2/c1-5-6-8-18-11(14-15-16-18)10-17(13(2,3)4)9-7-12(19)20/h5-10H2,1-4H3,(H,19,20). The highest BCUT2D eigenvalue weighted by Crippen LogP contribution is 2.16. The smallest absolute Gasteiger partial charge is 0.304 e. The monoisotopic (exact) mass is 283 g/mol. The summed E-state index contributed by atoms with van der Waals surface area (Å²) in [6, 6.07) is 0. The van der Waals surface area contributed by atoms with Crippen LogP contribution in [0.15, 0.2) is 0 Å². The third kappa shape index (κ3) is 5.24. The maximum absolute atomic E-state index is 10.8. The number of carboxylic acids is 1. The highest BCUT2D eigenvalue weighted by Gasteiger charge is 2.24. The summed E-state index contributed by atoms with van der Waals surface area (Å²) in [5.74, 6) is 0.00332. The molecular weight excluding hydrogens is 258 g/mol. The van der Waals surface area contributed by atoms with Crippen molar-refractivity contribution in [1.82, 2.24) is 25.1 Å². The molecule has 0 bridgehead atoms. The van der Waals surface area contributed by atoms with Crippen LogP contribution in [0.1, 0.15) is 52.8 Å². The van der Waals surface area contributed by atoms with Gasteiger partial charge in [-0.25, -0.2) is 4.68 Å². The van der Waals surface area contributed by atoms with Gasteiger partial charge in [-0.05, 0) is 37.6 Å². The Hall–Kier alpha value is -1.50. The topological polar surface area (TPSA) is 84.1 Å². The molecular formula is C13H25N5O2. The molecule has 0 aliphatic rings. The lowest BCUT2D eigenvalue weighted by Gasteiger charge is -2.34. The number of tetrazole rings is 1. The number of hydrogen-bond acceptors (Lipinski definition) is 5. The Balaban J connectivity index is 2.74. The van der Waals surface area contributed by atoms with Gasteiger partial charge in [-0.15, -0.1) is 5.10 Å². The molecule has 0 spiro atoms. The minimum Gasteiger partial charge on any atom is -0.481 e. The molecule has 0 saturated carbocycles. The average molecular weight is 283 g/mol. The van der Waals surface area contributed by atoms with Gasteiger partial charge in [0.15, 0.2) is 5.82 Å². The summed E-state index contributed by atoms with van der Waals surface area (Å²) in [5, 5.41) is 20.6. The van der Waals surface area contributed by atoms with Crippen molar-refractivity contribution in [2.45, 2.75) is 65.6 Å². The zero-order chi connectivity index (χ0) is 15.2. The van der Waals surface area contributed by atoms with Crippen molar-refractivity contribution in [1.29, 1.82) is 0 Å². The molecule has 0 fully saturated rings. The van der Waals surface area contributed by atoms with Gasteiger partial charge < -0.3 is 5.11 Å². The average Bonchev–Trinajstić information content (AvgIpc) is 2.77. The molecule has 114 valence electrons. The molecule has 0 aliphatic carbocycles. The summed E-state index contributed by atoms with van der Waals surface area (Å²) >= 11 is 0. The van der Waals surface area contributed by atoms with Crippen LogP contribution in [0.25, 0.3) is 0 Å². The van der Waals surface area contributed by atoms with Gasteiger partial charge in [-0.1, -0.05) is 13.3 Å². The van der Waals surface area contributed by atoms with Crippen LogP contribution in [0.3, 0.4) is 0 Å². The summed E-state index contributed by atoms with van der Waals surface area (Å²) in [7, 11) is 0. The minimum absolute atomic E-state index is 0.119. The summed E-state index contributed by atoms with van der Waals surface area (Å²) in [6.45, 7) is 10.2. The Labute approximate surface area is 120 Å². The van der Waals surface area contributed by atoms with Crippen molar-refractivity contribution in [2.24, 2.45) is 0 Å². The Kier molecular flexibility index (Phi) is 6.06. The summed E-state index contributed by atoms with van der Waals surface area (Å²) < 4.78 is 1.81. The molecule has 0 aromatic carbocycles. The molecule has 0 atom stereocenters.